The third-order valence-electron chi connectivity index (χ3n) is 2.07. The number of carbonyl (C=O) groups is 1. The van der Waals surface area contributed by atoms with Crippen molar-refractivity contribution in [2.45, 2.75) is 33.1 Å². The summed E-state index contributed by atoms with van der Waals surface area (Å²) in [5.74, 6) is -0.160. The lowest BCUT2D eigenvalue weighted by atomic mass is 10.3. The van der Waals surface area contributed by atoms with Crippen LogP contribution in [0.3, 0.4) is 0 Å². The van der Waals surface area contributed by atoms with E-state index in [9.17, 15) is 4.79 Å². The molecule has 0 saturated heterocycles. The summed E-state index contributed by atoms with van der Waals surface area (Å²) in [5.41, 5.74) is 0. The normalized spacial score (nSPS) is 11.8. The molecule has 0 heterocycles. The molecule has 18 heavy (non-hydrogen) atoms. The Balaban J connectivity index is 4.05. The molecule has 4 nitrogen and oxygen atoms in total. The Morgan fingerprint density at radius 3 is 2.50 bits per heavy atom. The maximum absolute atomic E-state index is 11.6. The van der Waals surface area contributed by atoms with Gasteiger partial charge in [-0.2, -0.15) is 0 Å². The Hall–Kier alpha value is -1.29. The molecule has 4 heteroatoms. The van der Waals surface area contributed by atoms with Crippen molar-refractivity contribution in [2.24, 2.45) is 0 Å². The van der Waals surface area contributed by atoms with E-state index in [1.807, 2.05) is 19.1 Å². The van der Waals surface area contributed by atoms with E-state index in [0.29, 0.717) is 13.2 Å². The van der Waals surface area contributed by atoms with Gasteiger partial charge in [0.05, 0.1) is 6.61 Å². The highest BCUT2D eigenvalue weighted by Crippen LogP contribution is 2.03. The maximum atomic E-state index is 11.6. The van der Waals surface area contributed by atoms with Crippen LogP contribution in [0.15, 0.2) is 24.0 Å². The van der Waals surface area contributed by atoms with Gasteiger partial charge < -0.3 is 14.2 Å². The Kier molecular flexibility index (Phi) is 11.3. The minimum atomic E-state index is -0.433. The number of ether oxygens (including phenoxy) is 3. The number of methoxy groups -OCH3 is 1. The van der Waals surface area contributed by atoms with Crippen molar-refractivity contribution >= 4 is 5.97 Å². The average molecular weight is 256 g/mol. The van der Waals surface area contributed by atoms with Crippen LogP contribution in [-0.4, -0.2) is 32.9 Å². The summed E-state index contributed by atoms with van der Waals surface area (Å²) in [6.07, 6.45) is 8.53. The van der Waals surface area contributed by atoms with Crippen LogP contribution in [0.25, 0.3) is 0 Å². The number of esters is 1. The van der Waals surface area contributed by atoms with Crippen molar-refractivity contribution in [1.29, 1.82) is 0 Å². The molecule has 0 aliphatic heterocycles. The summed E-state index contributed by atoms with van der Waals surface area (Å²) in [4.78, 5) is 11.6. The van der Waals surface area contributed by atoms with Crippen LogP contribution in [0.5, 0.6) is 0 Å². The second-order valence-electron chi connectivity index (χ2n) is 3.68. The van der Waals surface area contributed by atoms with Crippen LogP contribution in [0.2, 0.25) is 0 Å². The average Bonchev–Trinajstić information content (AvgIpc) is 2.37. The molecule has 0 aromatic carbocycles. The topological polar surface area (TPSA) is 44.8 Å². The molecule has 0 aliphatic rings. The number of allylic oxidation sites excluding steroid dienone is 2. The highest BCUT2D eigenvalue weighted by molar-refractivity contribution is 5.86. The first-order valence-corrected chi connectivity index (χ1v) is 6.40. The van der Waals surface area contributed by atoms with E-state index in [-0.39, 0.29) is 12.4 Å². The lowest BCUT2D eigenvalue weighted by Crippen LogP contribution is -2.14. The predicted molar refractivity (Wildman–Crippen MR) is 71.2 cm³/mol. The molecule has 0 aromatic rings. The van der Waals surface area contributed by atoms with Gasteiger partial charge in [-0.1, -0.05) is 32.4 Å². The molecule has 104 valence electrons. The first-order chi connectivity index (χ1) is 8.76. The quantitative estimate of drug-likeness (QED) is 0.198. The Bertz CT molecular complexity index is 269. The molecular formula is C14H24O4. The molecule has 0 atom stereocenters. The zero-order chi connectivity index (χ0) is 13.6. The van der Waals surface area contributed by atoms with Crippen molar-refractivity contribution < 1.29 is 19.0 Å². The summed E-state index contributed by atoms with van der Waals surface area (Å²) in [5, 5.41) is 0. The van der Waals surface area contributed by atoms with Gasteiger partial charge in [0, 0.05) is 7.11 Å². The lowest BCUT2D eigenvalue weighted by molar-refractivity contribution is -0.144. The van der Waals surface area contributed by atoms with Gasteiger partial charge in [0.1, 0.15) is 13.2 Å². The van der Waals surface area contributed by atoms with Crippen LogP contribution in [0.4, 0.5) is 0 Å². The van der Waals surface area contributed by atoms with E-state index in [1.165, 1.54) is 0 Å². The predicted octanol–water partition coefficient (Wildman–Crippen LogP) is 2.84. The largest absolute Gasteiger partial charge is 0.483 e. The fourth-order valence-electron chi connectivity index (χ4n) is 1.17. The molecule has 0 rings (SSSR count). The van der Waals surface area contributed by atoms with Gasteiger partial charge in [-0.05, 0) is 18.9 Å². The van der Waals surface area contributed by atoms with Crippen LogP contribution < -0.4 is 0 Å². The van der Waals surface area contributed by atoms with Gasteiger partial charge in [-0.3, -0.25) is 0 Å². The number of hydrogen-bond donors (Lipinski definition) is 0. The van der Waals surface area contributed by atoms with Gasteiger partial charge in [-0.25, -0.2) is 4.79 Å². The standard InChI is InChI=1S/C14H24O4/c1-4-6-7-8-10-17-13(9-5-2)14(15)18-12-11-16-3/h7-9H,4-6,10-12H2,1-3H3/b8-7+,13-9-. The number of rotatable bonds is 10. The summed E-state index contributed by atoms with van der Waals surface area (Å²) in [7, 11) is 1.56. The lowest BCUT2D eigenvalue weighted by Gasteiger charge is -2.08. The fraction of sp³-hybridized carbons (Fsp3) is 0.643. The summed E-state index contributed by atoms with van der Waals surface area (Å²) >= 11 is 0. The first-order valence-electron chi connectivity index (χ1n) is 6.40. The number of hydrogen-bond acceptors (Lipinski definition) is 4. The summed E-state index contributed by atoms with van der Waals surface area (Å²) in [6, 6.07) is 0. The molecule has 0 bridgehead atoms. The summed E-state index contributed by atoms with van der Waals surface area (Å²) < 4.78 is 15.2. The molecule has 0 radical (unpaired) electrons. The van der Waals surface area contributed by atoms with E-state index in [2.05, 4.69) is 6.92 Å². The minimum Gasteiger partial charge on any atom is -0.483 e. The van der Waals surface area contributed by atoms with Crippen molar-refractivity contribution in [2.75, 3.05) is 26.9 Å². The van der Waals surface area contributed by atoms with Crippen LogP contribution >= 0.6 is 0 Å². The monoisotopic (exact) mass is 256 g/mol. The van der Waals surface area contributed by atoms with E-state index in [4.69, 9.17) is 14.2 Å². The Morgan fingerprint density at radius 1 is 1.11 bits per heavy atom. The van der Waals surface area contributed by atoms with Gasteiger partial charge in [0.15, 0.2) is 0 Å². The van der Waals surface area contributed by atoms with E-state index in [1.54, 1.807) is 13.2 Å². The number of carbonyl (C=O) groups excluding carboxylic acids is 1. The zero-order valence-electron chi connectivity index (χ0n) is 11.6. The first kappa shape index (κ1) is 16.7. The van der Waals surface area contributed by atoms with Gasteiger partial charge in [0.25, 0.3) is 0 Å². The van der Waals surface area contributed by atoms with Crippen LogP contribution in [-0.2, 0) is 19.0 Å². The molecule has 0 saturated carbocycles. The molecule has 0 aliphatic carbocycles. The second-order valence-corrected chi connectivity index (χ2v) is 3.68. The minimum absolute atomic E-state index is 0.241. The van der Waals surface area contributed by atoms with E-state index < -0.39 is 5.97 Å². The third-order valence-corrected chi connectivity index (χ3v) is 2.07. The number of unbranched alkanes of at least 4 members (excludes halogenated alkanes) is 1. The second kappa shape index (κ2) is 12.2. The fourth-order valence-corrected chi connectivity index (χ4v) is 1.17. The van der Waals surface area contributed by atoms with Gasteiger partial charge in [-0.15, -0.1) is 0 Å². The van der Waals surface area contributed by atoms with Crippen LogP contribution in [0, 0.1) is 0 Å². The van der Waals surface area contributed by atoms with Gasteiger partial charge >= 0.3 is 5.97 Å². The van der Waals surface area contributed by atoms with Gasteiger partial charge in [0.2, 0.25) is 5.76 Å². The highest BCUT2D eigenvalue weighted by Gasteiger charge is 2.11. The van der Waals surface area contributed by atoms with Crippen molar-refractivity contribution in [3.05, 3.63) is 24.0 Å². The highest BCUT2D eigenvalue weighted by atomic mass is 16.6. The molecule has 0 aromatic heterocycles. The SMILES string of the molecule is CC/C=C(\OC/C=C/CCC)C(=O)OCCOC. The molecule has 0 amide bonds. The van der Waals surface area contributed by atoms with E-state index in [0.717, 1.165) is 19.3 Å². The molecule has 0 fully saturated rings. The van der Waals surface area contributed by atoms with Crippen molar-refractivity contribution in [3.8, 4) is 0 Å². The summed E-state index contributed by atoms with van der Waals surface area (Å²) in [6.45, 7) is 5.08. The zero-order valence-corrected chi connectivity index (χ0v) is 11.6. The molecule has 0 spiro atoms. The smallest absolute Gasteiger partial charge is 0.373 e. The van der Waals surface area contributed by atoms with Crippen molar-refractivity contribution in [3.63, 3.8) is 0 Å². The Labute approximate surface area is 110 Å². The van der Waals surface area contributed by atoms with E-state index >= 15 is 0 Å². The maximum Gasteiger partial charge on any atom is 0.373 e. The molecule has 0 unspecified atom stereocenters. The molecule has 0 N–H and O–H groups in total. The molecular weight excluding hydrogens is 232 g/mol. The third kappa shape index (κ3) is 8.82. The Morgan fingerprint density at radius 2 is 1.89 bits per heavy atom. The van der Waals surface area contributed by atoms with Crippen LogP contribution in [0.1, 0.15) is 33.1 Å². The van der Waals surface area contributed by atoms with Crippen molar-refractivity contribution in [1.82, 2.24) is 0 Å².